The molecule has 1 N–H and O–H groups in total. The molecule has 1 aliphatic rings. The molecule has 1 aromatic carbocycles. The fourth-order valence-corrected chi connectivity index (χ4v) is 2.58. The number of hydrogen-bond acceptors (Lipinski definition) is 3. The lowest BCUT2D eigenvalue weighted by Crippen LogP contribution is -2.01. The van der Waals surface area contributed by atoms with Crippen LogP contribution in [-0.4, -0.2) is 4.98 Å². The number of aromatic nitrogens is 1. The molecule has 0 aliphatic carbocycles. The summed E-state index contributed by atoms with van der Waals surface area (Å²) < 4.78 is 0. The van der Waals surface area contributed by atoms with Crippen LogP contribution in [0.25, 0.3) is 0 Å². The minimum absolute atomic E-state index is 0.959. The molecule has 0 bridgehead atoms. The normalized spacial score (nSPS) is 12.6. The highest BCUT2D eigenvalue weighted by Crippen LogP contribution is 2.42. The number of aryl methyl sites for hydroxylation is 1. The molecule has 74 valence electrons. The van der Waals surface area contributed by atoms with Crippen LogP contribution in [0.2, 0.25) is 0 Å². The molecule has 2 heterocycles. The Balaban J connectivity index is 2.11. The Hall–Kier alpha value is -1.48. The van der Waals surface area contributed by atoms with Crippen LogP contribution < -0.4 is 5.32 Å². The van der Waals surface area contributed by atoms with Gasteiger partial charge in [0.15, 0.2) is 0 Å². The second-order valence-electron chi connectivity index (χ2n) is 3.58. The van der Waals surface area contributed by atoms with E-state index in [-0.39, 0.29) is 0 Å². The Morgan fingerprint density at radius 2 is 2.13 bits per heavy atom. The SMILES string of the molecule is Cc1ccc2c(c1)Nc1ncccc1S2. The zero-order chi connectivity index (χ0) is 10.3. The predicted molar refractivity (Wildman–Crippen MR) is 62.8 cm³/mol. The Morgan fingerprint density at radius 1 is 1.20 bits per heavy atom. The van der Waals surface area contributed by atoms with E-state index in [1.165, 1.54) is 15.4 Å². The van der Waals surface area contributed by atoms with Crippen LogP contribution in [0.15, 0.2) is 46.3 Å². The zero-order valence-corrected chi connectivity index (χ0v) is 9.14. The van der Waals surface area contributed by atoms with Gasteiger partial charge in [-0.2, -0.15) is 0 Å². The molecule has 0 spiro atoms. The molecule has 1 aliphatic heterocycles. The molecular formula is C12H10N2S. The van der Waals surface area contributed by atoms with Crippen LogP contribution in [0.5, 0.6) is 0 Å². The maximum atomic E-state index is 4.32. The van der Waals surface area contributed by atoms with Gasteiger partial charge in [-0.3, -0.25) is 0 Å². The first kappa shape index (κ1) is 8.80. The maximum Gasteiger partial charge on any atom is 0.144 e. The van der Waals surface area contributed by atoms with E-state index in [4.69, 9.17) is 0 Å². The quantitative estimate of drug-likeness (QED) is 0.619. The van der Waals surface area contributed by atoms with E-state index in [2.05, 4.69) is 41.5 Å². The van der Waals surface area contributed by atoms with Crippen molar-refractivity contribution in [1.82, 2.24) is 4.98 Å². The maximum absolute atomic E-state index is 4.32. The lowest BCUT2D eigenvalue weighted by atomic mass is 10.2. The van der Waals surface area contributed by atoms with Crippen LogP contribution in [0, 0.1) is 6.92 Å². The van der Waals surface area contributed by atoms with Crippen LogP contribution in [-0.2, 0) is 0 Å². The molecule has 0 radical (unpaired) electrons. The van der Waals surface area contributed by atoms with Gasteiger partial charge in [-0.1, -0.05) is 17.8 Å². The molecule has 15 heavy (non-hydrogen) atoms. The molecule has 2 nitrogen and oxygen atoms in total. The van der Waals surface area contributed by atoms with E-state index in [1.807, 2.05) is 12.3 Å². The van der Waals surface area contributed by atoms with Crippen LogP contribution >= 0.6 is 11.8 Å². The Bertz CT molecular complexity index is 523. The van der Waals surface area contributed by atoms with Gasteiger partial charge in [-0.15, -0.1) is 0 Å². The highest BCUT2D eigenvalue weighted by molar-refractivity contribution is 7.99. The van der Waals surface area contributed by atoms with Crippen molar-refractivity contribution < 1.29 is 0 Å². The van der Waals surface area contributed by atoms with Crippen molar-refractivity contribution in [3.63, 3.8) is 0 Å². The largest absolute Gasteiger partial charge is 0.338 e. The summed E-state index contributed by atoms with van der Waals surface area (Å²) in [5, 5.41) is 3.35. The third-order valence-electron chi connectivity index (χ3n) is 2.38. The van der Waals surface area contributed by atoms with Gasteiger partial charge >= 0.3 is 0 Å². The Labute approximate surface area is 92.7 Å². The van der Waals surface area contributed by atoms with Gasteiger partial charge in [0.05, 0.1) is 10.6 Å². The van der Waals surface area contributed by atoms with Crippen molar-refractivity contribution in [2.75, 3.05) is 5.32 Å². The molecular weight excluding hydrogens is 204 g/mol. The Kier molecular flexibility index (Phi) is 1.92. The highest BCUT2D eigenvalue weighted by Gasteiger charge is 2.15. The zero-order valence-electron chi connectivity index (χ0n) is 8.32. The lowest BCUT2D eigenvalue weighted by Gasteiger charge is -2.19. The summed E-state index contributed by atoms with van der Waals surface area (Å²) in [6.45, 7) is 2.10. The van der Waals surface area contributed by atoms with E-state index in [0.717, 1.165) is 11.5 Å². The highest BCUT2D eigenvalue weighted by atomic mass is 32.2. The second kappa shape index (κ2) is 3.28. The topological polar surface area (TPSA) is 24.9 Å². The smallest absolute Gasteiger partial charge is 0.144 e. The molecule has 1 aromatic heterocycles. The summed E-state index contributed by atoms with van der Waals surface area (Å²) in [4.78, 5) is 6.77. The summed E-state index contributed by atoms with van der Waals surface area (Å²) in [5.74, 6) is 0.959. The summed E-state index contributed by atoms with van der Waals surface area (Å²) in [6.07, 6.45) is 1.81. The van der Waals surface area contributed by atoms with Gasteiger partial charge in [0.1, 0.15) is 5.82 Å². The lowest BCUT2D eigenvalue weighted by molar-refractivity contribution is 1.19. The molecule has 0 saturated carbocycles. The number of anilines is 2. The minimum atomic E-state index is 0.959. The second-order valence-corrected chi connectivity index (χ2v) is 4.66. The predicted octanol–water partition coefficient (Wildman–Crippen LogP) is 3.60. The van der Waals surface area contributed by atoms with Crippen molar-refractivity contribution in [3.05, 3.63) is 42.1 Å². The van der Waals surface area contributed by atoms with Crippen molar-refractivity contribution in [2.24, 2.45) is 0 Å². The average molecular weight is 214 g/mol. The van der Waals surface area contributed by atoms with Crippen molar-refractivity contribution in [2.45, 2.75) is 16.7 Å². The molecule has 0 atom stereocenters. The number of fused-ring (bicyclic) bond motifs is 2. The molecule has 3 rings (SSSR count). The molecule has 3 heteroatoms. The van der Waals surface area contributed by atoms with Crippen molar-refractivity contribution in [3.8, 4) is 0 Å². The third kappa shape index (κ3) is 1.49. The van der Waals surface area contributed by atoms with Gasteiger partial charge in [0.2, 0.25) is 0 Å². The number of pyridine rings is 1. The number of rotatable bonds is 0. The number of nitrogens with zero attached hydrogens (tertiary/aromatic N) is 1. The first-order chi connectivity index (χ1) is 7.33. The van der Waals surface area contributed by atoms with Gasteiger partial charge < -0.3 is 5.32 Å². The van der Waals surface area contributed by atoms with Gasteiger partial charge in [0.25, 0.3) is 0 Å². The van der Waals surface area contributed by atoms with Crippen LogP contribution in [0.3, 0.4) is 0 Å². The molecule has 0 fully saturated rings. The van der Waals surface area contributed by atoms with E-state index in [1.54, 1.807) is 11.8 Å². The molecule has 0 unspecified atom stereocenters. The van der Waals surface area contributed by atoms with E-state index < -0.39 is 0 Å². The van der Waals surface area contributed by atoms with Gasteiger partial charge in [0, 0.05) is 11.1 Å². The first-order valence-corrected chi connectivity index (χ1v) is 5.65. The Morgan fingerprint density at radius 3 is 3.07 bits per heavy atom. The summed E-state index contributed by atoms with van der Waals surface area (Å²) in [5.41, 5.74) is 2.42. The van der Waals surface area contributed by atoms with Crippen molar-refractivity contribution in [1.29, 1.82) is 0 Å². The van der Waals surface area contributed by atoms with Gasteiger partial charge in [-0.25, -0.2) is 4.98 Å². The fourth-order valence-electron chi connectivity index (χ4n) is 1.64. The summed E-state index contributed by atoms with van der Waals surface area (Å²) in [6, 6.07) is 10.5. The molecule has 0 amide bonds. The molecule has 2 aromatic rings. The fraction of sp³-hybridized carbons (Fsp3) is 0.0833. The van der Waals surface area contributed by atoms with E-state index >= 15 is 0 Å². The first-order valence-electron chi connectivity index (χ1n) is 4.83. The average Bonchev–Trinajstić information content (AvgIpc) is 2.26. The van der Waals surface area contributed by atoms with Gasteiger partial charge in [-0.05, 0) is 36.8 Å². The number of benzene rings is 1. The summed E-state index contributed by atoms with van der Waals surface area (Å²) >= 11 is 1.77. The monoisotopic (exact) mass is 214 g/mol. The number of hydrogen-bond donors (Lipinski definition) is 1. The van der Waals surface area contributed by atoms with Crippen LogP contribution in [0.4, 0.5) is 11.5 Å². The van der Waals surface area contributed by atoms with Crippen LogP contribution in [0.1, 0.15) is 5.56 Å². The minimum Gasteiger partial charge on any atom is -0.338 e. The third-order valence-corrected chi connectivity index (χ3v) is 3.50. The van der Waals surface area contributed by atoms with Crippen molar-refractivity contribution >= 4 is 23.3 Å². The summed E-state index contributed by atoms with van der Waals surface area (Å²) in [7, 11) is 0. The molecule has 0 saturated heterocycles. The van der Waals surface area contributed by atoms with E-state index in [0.29, 0.717) is 0 Å². The standard InChI is InChI=1S/C12H10N2S/c1-8-4-5-10-9(7-8)14-12-11(15-10)3-2-6-13-12/h2-7H,1H3,(H,13,14). The number of nitrogens with one attached hydrogen (secondary N) is 1. The van der Waals surface area contributed by atoms with E-state index in [9.17, 15) is 0 Å².